The fourth-order valence-electron chi connectivity index (χ4n) is 1.65. The van der Waals surface area contributed by atoms with E-state index in [2.05, 4.69) is 29.0 Å². The molecule has 0 radical (unpaired) electrons. The Hall–Kier alpha value is -1.59. The number of rotatable bonds is 1. The van der Waals surface area contributed by atoms with Gasteiger partial charge in [0.25, 0.3) is 5.91 Å². The first kappa shape index (κ1) is 8.98. The highest BCUT2D eigenvalue weighted by molar-refractivity contribution is 5.91. The first-order valence-corrected chi connectivity index (χ1v) is 4.45. The van der Waals surface area contributed by atoms with Crippen molar-refractivity contribution >= 4 is 11.9 Å². The molecule has 14 heavy (non-hydrogen) atoms. The lowest BCUT2D eigenvalue weighted by molar-refractivity contribution is 0.0225. The lowest BCUT2D eigenvalue weighted by Gasteiger charge is -2.45. The summed E-state index contributed by atoms with van der Waals surface area (Å²) in [6, 6.07) is 0. The standard InChI is InChI=1S/C8H13N5O/c1-8(2)3-13(4-8)6(14)5-10-7(9)12-11-5/h3-4H2,1-2H3,(H3,9,10,11,12). The van der Waals surface area contributed by atoms with Crippen LogP contribution in [0.15, 0.2) is 0 Å². The van der Waals surface area contributed by atoms with E-state index in [0.717, 1.165) is 13.1 Å². The Morgan fingerprint density at radius 1 is 1.57 bits per heavy atom. The minimum Gasteiger partial charge on any atom is -0.366 e. The van der Waals surface area contributed by atoms with Crippen LogP contribution >= 0.6 is 0 Å². The fourth-order valence-corrected chi connectivity index (χ4v) is 1.65. The molecule has 0 bridgehead atoms. The predicted octanol–water partition coefficient (Wildman–Crippen LogP) is -0.131. The van der Waals surface area contributed by atoms with E-state index in [1.807, 2.05) is 0 Å². The van der Waals surface area contributed by atoms with E-state index in [9.17, 15) is 4.79 Å². The highest BCUT2D eigenvalue weighted by Gasteiger charge is 2.38. The van der Waals surface area contributed by atoms with Gasteiger partial charge in [-0.05, 0) is 5.41 Å². The molecule has 0 atom stereocenters. The van der Waals surface area contributed by atoms with Crippen LogP contribution in [0.2, 0.25) is 0 Å². The van der Waals surface area contributed by atoms with Gasteiger partial charge in [0.2, 0.25) is 11.8 Å². The third-order valence-corrected chi connectivity index (χ3v) is 2.23. The molecule has 3 N–H and O–H groups in total. The van der Waals surface area contributed by atoms with Crippen molar-refractivity contribution in [1.82, 2.24) is 20.1 Å². The number of H-pyrrole nitrogens is 1. The van der Waals surface area contributed by atoms with Crippen LogP contribution in [0, 0.1) is 5.41 Å². The molecule has 76 valence electrons. The van der Waals surface area contributed by atoms with E-state index >= 15 is 0 Å². The van der Waals surface area contributed by atoms with Crippen molar-refractivity contribution in [3.63, 3.8) is 0 Å². The average Bonchev–Trinajstić information content (AvgIpc) is 2.46. The van der Waals surface area contributed by atoms with Gasteiger partial charge in [0.15, 0.2) is 0 Å². The number of likely N-dealkylation sites (tertiary alicyclic amines) is 1. The molecule has 0 saturated carbocycles. The SMILES string of the molecule is CC1(C)CN(C(=O)c2nc(N)n[nH]2)C1. The summed E-state index contributed by atoms with van der Waals surface area (Å²) >= 11 is 0. The molecule has 2 rings (SSSR count). The lowest BCUT2D eigenvalue weighted by atomic mass is 9.84. The van der Waals surface area contributed by atoms with Crippen LogP contribution in [0.25, 0.3) is 0 Å². The summed E-state index contributed by atoms with van der Waals surface area (Å²) in [5, 5.41) is 6.11. The smallest absolute Gasteiger partial charge is 0.291 e. The van der Waals surface area contributed by atoms with Crippen molar-refractivity contribution in [3.05, 3.63) is 5.82 Å². The van der Waals surface area contributed by atoms with Gasteiger partial charge in [-0.3, -0.25) is 9.89 Å². The van der Waals surface area contributed by atoms with Crippen LogP contribution in [0.1, 0.15) is 24.5 Å². The van der Waals surface area contributed by atoms with Gasteiger partial charge >= 0.3 is 0 Å². The number of amides is 1. The number of aromatic amines is 1. The molecule has 1 aliphatic heterocycles. The van der Waals surface area contributed by atoms with Crippen LogP contribution in [0.5, 0.6) is 0 Å². The van der Waals surface area contributed by atoms with Gasteiger partial charge in [-0.2, -0.15) is 4.98 Å². The summed E-state index contributed by atoms with van der Waals surface area (Å²) in [6.07, 6.45) is 0. The minimum absolute atomic E-state index is 0.105. The van der Waals surface area contributed by atoms with E-state index in [-0.39, 0.29) is 23.1 Å². The van der Waals surface area contributed by atoms with Crippen LogP contribution < -0.4 is 5.73 Å². The molecule has 1 aromatic heterocycles. The number of nitrogens with two attached hydrogens (primary N) is 1. The normalized spacial score (nSPS) is 19.1. The number of carbonyl (C=O) groups is 1. The first-order chi connectivity index (χ1) is 6.48. The number of hydrogen-bond donors (Lipinski definition) is 2. The van der Waals surface area contributed by atoms with Gasteiger partial charge in [0.1, 0.15) is 0 Å². The van der Waals surface area contributed by atoms with E-state index in [1.165, 1.54) is 0 Å². The molecular weight excluding hydrogens is 182 g/mol. The number of nitrogens with zero attached hydrogens (tertiary/aromatic N) is 3. The fraction of sp³-hybridized carbons (Fsp3) is 0.625. The van der Waals surface area contributed by atoms with Crippen molar-refractivity contribution < 1.29 is 4.79 Å². The summed E-state index contributed by atoms with van der Waals surface area (Å²) in [5.41, 5.74) is 5.53. The zero-order chi connectivity index (χ0) is 10.3. The van der Waals surface area contributed by atoms with Gasteiger partial charge in [-0.1, -0.05) is 13.8 Å². The average molecular weight is 195 g/mol. The van der Waals surface area contributed by atoms with E-state index in [4.69, 9.17) is 5.73 Å². The van der Waals surface area contributed by atoms with Crippen molar-refractivity contribution in [2.75, 3.05) is 18.8 Å². The summed E-state index contributed by atoms with van der Waals surface area (Å²) in [6.45, 7) is 5.75. The number of anilines is 1. The monoisotopic (exact) mass is 195 g/mol. The number of carbonyl (C=O) groups excluding carboxylic acids is 1. The van der Waals surface area contributed by atoms with Crippen molar-refractivity contribution in [2.24, 2.45) is 5.41 Å². The van der Waals surface area contributed by atoms with Crippen LogP contribution in [0.3, 0.4) is 0 Å². The number of nitrogen functional groups attached to an aromatic ring is 1. The Labute approximate surface area is 81.5 Å². The van der Waals surface area contributed by atoms with Crippen LogP contribution in [-0.4, -0.2) is 39.1 Å². The second-order valence-corrected chi connectivity index (χ2v) is 4.37. The third kappa shape index (κ3) is 1.43. The topological polar surface area (TPSA) is 87.9 Å². The highest BCUT2D eigenvalue weighted by Crippen LogP contribution is 2.29. The largest absolute Gasteiger partial charge is 0.366 e. The molecule has 0 unspecified atom stereocenters. The van der Waals surface area contributed by atoms with Crippen molar-refractivity contribution in [2.45, 2.75) is 13.8 Å². The van der Waals surface area contributed by atoms with Gasteiger partial charge in [-0.15, -0.1) is 5.10 Å². The van der Waals surface area contributed by atoms with Crippen LogP contribution in [-0.2, 0) is 0 Å². The van der Waals surface area contributed by atoms with Gasteiger partial charge in [0, 0.05) is 13.1 Å². The molecule has 0 spiro atoms. The Kier molecular flexibility index (Phi) is 1.73. The zero-order valence-corrected chi connectivity index (χ0v) is 8.24. The quantitative estimate of drug-likeness (QED) is 0.653. The maximum absolute atomic E-state index is 11.7. The summed E-state index contributed by atoms with van der Waals surface area (Å²) in [4.78, 5) is 17.2. The second-order valence-electron chi connectivity index (χ2n) is 4.37. The van der Waals surface area contributed by atoms with Crippen molar-refractivity contribution in [1.29, 1.82) is 0 Å². The van der Waals surface area contributed by atoms with Gasteiger partial charge in [-0.25, -0.2) is 0 Å². The van der Waals surface area contributed by atoms with Crippen molar-refractivity contribution in [3.8, 4) is 0 Å². The van der Waals surface area contributed by atoms with E-state index in [1.54, 1.807) is 4.90 Å². The Balaban J connectivity index is 2.04. The van der Waals surface area contributed by atoms with Gasteiger partial charge < -0.3 is 10.6 Å². The maximum atomic E-state index is 11.7. The summed E-state index contributed by atoms with van der Waals surface area (Å²) < 4.78 is 0. The summed E-state index contributed by atoms with van der Waals surface area (Å²) in [7, 11) is 0. The molecule has 1 aliphatic rings. The predicted molar refractivity (Wildman–Crippen MR) is 50.5 cm³/mol. The molecule has 1 fully saturated rings. The van der Waals surface area contributed by atoms with E-state index in [0.29, 0.717) is 0 Å². The minimum atomic E-state index is -0.131. The molecule has 2 heterocycles. The molecule has 0 aromatic carbocycles. The molecule has 6 heteroatoms. The number of hydrogen-bond acceptors (Lipinski definition) is 4. The molecule has 1 amide bonds. The Morgan fingerprint density at radius 2 is 2.21 bits per heavy atom. The maximum Gasteiger partial charge on any atom is 0.291 e. The molecule has 1 aromatic rings. The first-order valence-electron chi connectivity index (χ1n) is 4.45. The molecule has 6 nitrogen and oxygen atoms in total. The third-order valence-electron chi connectivity index (χ3n) is 2.23. The molecule has 0 aliphatic carbocycles. The zero-order valence-electron chi connectivity index (χ0n) is 8.24. The Morgan fingerprint density at radius 3 is 2.64 bits per heavy atom. The molecular formula is C8H13N5O. The molecule has 1 saturated heterocycles. The Bertz CT molecular complexity index is 362. The van der Waals surface area contributed by atoms with Crippen LogP contribution in [0.4, 0.5) is 5.95 Å². The summed E-state index contributed by atoms with van der Waals surface area (Å²) in [5.74, 6) is 0.194. The van der Waals surface area contributed by atoms with Gasteiger partial charge in [0.05, 0.1) is 0 Å². The lowest BCUT2D eigenvalue weighted by Crippen LogP contribution is -2.55. The van der Waals surface area contributed by atoms with E-state index < -0.39 is 0 Å². The number of aromatic nitrogens is 3. The number of nitrogens with one attached hydrogen (secondary N) is 1. The second kappa shape index (κ2) is 2.70. The highest BCUT2D eigenvalue weighted by atomic mass is 16.2.